The highest BCUT2D eigenvalue weighted by Gasteiger charge is 1.99. The molecular formula is C11H16FN3. The van der Waals surface area contributed by atoms with Crippen LogP contribution in [0.15, 0.2) is 29.3 Å². The van der Waals surface area contributed by atoms with Crippen LogP contribution in [0.2, 0.25) is 0 Å². The molecule has 1 aromatic rings. The number of hydrogen-bond acceptors (Lipinski definition) is 1. The van der Waals surface area contributed by atoms with Gasteiger partial charge in [0, 0.05) is 27.7 Å². The Balaban J connectivity index is 2.53. The van der Waals surface area contributed by atoms with Gasteiger partial charge in [-0.15, -0.1) is 0 Å². The molecule has 0 aromatic heterocycles. The van der Waals surface area contributed by atoms with E-state index in [1.165, 1.54) is 12.1 Å². The number of guanidine groups is 1. The third-order valence-corrected chi connectivity index (χ3v) is 2.00. The largest absolute Gasteiger partial charge is 0.352 e. The lowest BCUT2D eigenvalue weighted by Gasteiger charge is -2.16. The van der Waals surface area contributed by atoms with E-state index in [2.05, 4.69) is 10.3 Å². The van der Waals surface area contributed by atoms with E-state index in [4.69, 9.17) is 0 Å². The summed E-state index contributed by atoms with van der Waals surface area (Å²) in [7, 11) is 5.56. The van der Waals surface area contributed by atoms with Crippen LogP contribution in [-0.2, 0) is 6.54 Å². The summed E-state index contributed by atoms with van der Waals surface area (Å²) in [4.78, 5) is 5.97. The van der Waals surface area contributed by atoms with Crippen LogP contribution in [0, 0.1) is 5.82 Å². The molecule has 15 heavy (non-hydrogen) atoms. The van der Waals surface area contributed by atoms with Crippen molar-refractivity contribution in [1.29, 1.82) is 0 Å². The fraction of sp³-hybridized carbons (Fsp3) is 0.364. The van der Waals surface area contributed by atoms with Crippen molar-refractivity contribution in [2.24, 2.45) is 4.99 Å². The SMILES string of the molecule is CN=C(NCc1ccc(F)cc1)N(C)C. The van der Waals surface area contributed by atoms with Gasteiger partial charge in [0.05, 0.1) is 0 Å². The average molecular weight is 209 g/mol. The first-order chi connectivity index (χ1) is 7.13. The molecule has 1 aromatic carbocycles. The Morgan fingerprint density at radius 3 is 2.40 bits per heavy atom. The molecule has 0 unspecified atom stereocenters. The van der Waals surface area contributed by atoms with Gasteiger partial charge in [-0.1, -0.05) is 12.1 Å². The summed E-state index contributed by atoms with van der Waals surface area (Å²) in [6.07, 6.45) is 0. The molecule has 0 spiro atoms. The summed E-state index contributed by atoms with van der Waals surface area (Å²) < 4.78 is 12.6. The van der Waals surface area contributed by atoms with E-state index in [1.54, 1.807) is 19.2 Å². The van der Waals surface area contributed by atoms with E-state index in [0.717, 1.165) is 11.5 Å². The molecule has 0 amide bonds. The topological polar surface area (TPSA) is 27.6 Å². The van der Waals surface area contributed by atoms with Gasteiger partial charge in [-0.05, 0) is 17.7 Å². The zero-order chi connectivity index (χ0) is 11.3. The van der Waals surface area contributed by atoms with Gasteiger partial charge in [0.15, 0.2) is 5.96 Å². The van der Waals surface area contributed by atoms with E-state index in [0.29, 0.717) is 6.54 Å². The van der Waals surface area contributed by atoms with E-state index >= 15 is 0 Å². The van der Waals surface area contributed by atoms with Crippen molar-refractivity contribution >= 4 is 5.96 Å². The van der Waals surface area contributed by atoms with Gasteiger partial charge in [-0.2, -0.15) is 0 Å². The van der Waals surface area contributed by atoms with Crippen LogP contribution < -0.4 is 5.32 Å². The van der Waals surface area contributed by atoms with E-state index in [1.807, 2.05) is 19.0 Å². The highest BCUT2D eigenvalue weighted by molar-refractivity contribution is 5.79. The number of aliphatic imine (C=N–C) groups is 1. The number of hydrogen-bond donors (Lipinski definition) is 1. The zero-order valence-corrected chi connectivity index (χ0v) is 9.29. The van der Waals surface area contributed by atoms with Crippen molar-refractivity contribution in [2.75, 3.05) is 21.1 Å². The Kier molecular flexibility index (Phi) is 4.09. The van der Waals surface area contributed by atoms with Crippen LogP contribution >= 0.6 is 0 Å². The van der Waals surface area contributed by atoms with Crippen LogP contribution in [0.1, 0.15) is 5.56 Å². The lowest BCUT2D eigenvalue weighted by Crippen LogP contribution is -2.35. The maximum absolute atomic E-state index is 12.6. The van der Waals surface area contributed by atoms with Crippen molar-refractivity contribution in [3.8, 4) is 0 Å². The molecule has 1 N–H and O–H groups in total. The first kappa shape index (κ1) is 11.5. The Labute approximate surface area is 89.6 Å². The molecule has 0 atom stereocenters. The minimum atomic E-state index is -0.212. The molecule has 0 heterocycles. The first-order valence-corrected chi connectivity index (χ1v) is 4.76. The third kappa shape index (κ3) is 3.58. The van der Waals surface area contributed by atoms with Crippen molar-refractivity contribution < 1.29 is 4.39 Å². The van der Waals surface area contributed by atoms with Crippen molar-refractivity contribution in [1.82, 2.24) is 10.2 Å². The molecule has 0 fully saturated rings. The molecule has 3 nitrogen and oxygen atoms in total. The van der Waals surface area contributed by atoms with Crippen molar-refractivity contribution in [3.63, 3.8) is 0 Å². The second kappa shape index (κ2) is 5.34. The molecule has 0 aliphatic rings. The van der Waals surface area contributed by atoms with Crippen molar-refractivity contribution in [3.05, 3.63) is 35.6 Å². The van der Waals surface area contributed by atoms with Crippen LogP contribution in [0.25, 0.3) is 0 Å². The molecule has 0 saturated carbocycles. The van der Waals surface area contributed by atoms with Gasteiger partial charge in [-0.3, -0.25) is 4.99 Å². The molecule has 0 aliphatic carbocycles. The molecule has 1 rings (SSSR count). The lowest BCUT2D eigenvalue weighted by atomic mass is 10.2. The lowest BCUT2D eigenvalue weighted by molar-refractivity contribution is 0.582. The molecule has 82 valence electrons. The average Bonchev–Trinajstić information content (AvgIpc) is 2.21. The summed E-state index contributed by atoms with van der Waals surface area (Å²) in [5, 5.41) is 3.16. The second-order valence-electron chi connectivity index (χ2n) is 3.42. The predicted octanol–water partition coefficient (Wildman–Crippen LogP) is 1.46. The van der Waals surface area contributed by atoms with Gasteiger partial charge in [0.1, 0.15) is 5.82 Å². The van der Waals surface area contributed by atoms with Crippen LogP contribution in [0.3, 0.4) is 0 Å². The molecule has 0 aliphatic heterocycles. The number of halogens is 1. The van der Waals surface area contributed by atoms with Crippen molar-refractivity contribution in [2.45, 2.75) is 6.54 Å². The zero-order valence-electron chi connectivity index (χ0n) is 9.29. The normalized spacial score (nSPS) is 11.3. The minimum absolute atomic E-state index is 0.212. The molecule has 0 radical (unpaired) electrons. The van der Waals surface area contributed by atoms with Gasteiger partial charge in [0.2, 0.25) is 0 Å². The summed E-state index contributed by atoms with van der Waals surface area (Å²) in [5.41, 5.74) is 1.03. The second-order valence-corrected chi connectivity index (χ2v) is 3.42. The van der Waals surface area contributed by atoms with E-state index < -0.39 is 0 Å². The van der Waals surface area contributed by atoms with Gasteiger partial charge >= 0.3 is 0 Å². The van der Waals surface area contributed by atoms with E-state index in [9.17, 15) is 4.39 Å². The third-order valence-electron chi connectivity index (χ3n) is 2.00. The fourth-order valence-corrected chi connectivity index (χ4v) is 1.22. The summed E-state index contributed by atoms with van der Waals surface area (Å²) in [6.45, 7) is 0.644. The summed E-state index contributed by atoms with van der Waals surface area (Å²) in [6, 6.07) is 6.42. The monoisotopic (exact) mass is 209 g/mol. The predicted molar refractivity (Wildman–Crippen MR) is 60.3 cm³/mol. The Morgan fingerprint density at radius 2 is 1.93 bits per heavy atom. The Morgan fingerprint density at radius 1 is 1.33 bits per heavy atom. The standard InChI is InChI=1S/C11H16FN3/c1-13-11(15(2)3)14-8-9-4-6-10(12)7-5-9/h4-7H,8H2,1-3H3,(H,13,14). The fourth-order valence-electron chi connectivity index (χ4n) is 1.22. The molecule has 4 heteroatoms. The van der Waals surface area contributed by atoms with Crippen LogP contribution in [-0.4, -0.2) is 32.0 Å². The Bertz CT molecular complexity index is 330. The van der Waals surface area contributed by atoms with E-state index in [-0.39, 0.29) is 5.82 Å². The molecule has 0 bridgehead atoms. The smallest absolute Gasteiger partial charge is 0.193 e. The maximum atomic E-state index is 12.6. The molecule has 0 saturated heterocycles. The summed E-state index contributed by atoms with van der Waals surface area (Å²) >= 11 is 0. The highest BCUT2D eigenvalue weighted by atomic mass is 19.1. The highest BCUT2D eigenvalue weighted by Crippen LogP contribution is 2.02. The number of benzene rings is 1. The Hall–Kier alpha value is -1.58. The minimum Gasteiger partial charge on any atom is -0.352 e. The van der Waals surface area contributed by atoms with Crippen LogP contribution in [0.5, 0.6) is 0 Å². The quantitative estimate of drug-likeness (QED) is 0.590. The number of rotatable bonds is 2. The maximum Gasteiger partial charge on any atom is 0.193 e. The van der Waals surface area contributed by atoms with Gasteiger partial charge in [0.25, 0.3) is 0 Å². The van der Waals surface area contributed by atoms with Gasteiger partial charge < -0.3 is 10.2 Å². The number of nitrogens with zero attached hydrogens (tertiary/aromatic N) is 2. The number of nitrogens with one attached hydrogen (secondary N) is 1. The summed E-state index contributed by atoms with van der Waals surface area (Å²) in [5.74, 6) is 0.593. The van der Waals surface area contributed by atoms with Gasteiger partial charge in [-0.25, -0.2) is 4.39 Å². The molecular weight excluding hydrogens is 193 g/mol. The first-order valence-electron chi connectivity index (χ1n) is 4.76. The van der Waals surface area contributed by atoms with Crippen LogP contribution in [0.4, 0.5) is 4.39 Å².